The molecule has 0 radical (unpaired) electrons. The minimum absolute atomic E-state index is 0.0264. The van der Waals surface area contributed by atoms with Crippen molar-refractivity contribution in [2.24, 2.45) is 10.9 Å². The Hall–Kier alpha value is -1.27. The maximum atomic E-state index is 8.65. The molecule has 1 heterocycles. The van der Waals surface area contributed by atoms with Gasteiger partial charge in [0.05, 0.1) is 12.2 Å². The van der Waals surface area contributed by atoms with Crippen molar-refractivity contribution < 1.29 is 10.3 Å². The Balaban J connectivity index is 2.91. The average molecular weight is 213 g/mol. The van der Waals surface area contributed by atoms with Crippen molar-refractivity contribution in [3.63, 3.8) is 0 Å². The molecular formula is C8H11N3O2S. The van der Waals surface area contributed by atoms with Crippen LogP contribution >= 0.6 is 11.8 Å². The Morgan fingerprint density at radius 2 is 2.43 bits per heavy atom. The minimum Gasteiger partial charge on any atom is -0.409 e. The summed E-state index contributed by atoms with van der Waals surface area (Å²) < 4.78 is 0. The smallest absolute Gasteiger partial charge is 0.172 e. The third-order valence-electron chi connectivity index (χ3n) is 1.48. The number of amidine groups is 1. The van der Waals surface area contributed by atoms with Gasteiger partial charge in [-0.05, 0) is 12.1 Å². The van der Waals surface area contributed by atoms with Gasteiger partial charge in [0, 0.05) is 11.9 Å². The van der Waals surface area contributed by atoms with Crippen LogP contribution in [0.1, 0.15) is 5.56 Å². The number of aliphatic hydroxyl groups excluding tert-OH is 1. The molecule has 0 saturated carbocycles. The lowest BCUT2D eigenvalue weighted by Crippen LogP contribution is -2.14. The summed E-state index contributed by atoms with van der Waals surface area (Å²) in [6.07, 6.45) is 1.62. The number of aromatic nitrogens is 1. The summed E-state index contributed by atoms with van der Waals surface area (Å²) in [5.41, 5.74) is 6.03. The van der Waals surface area contributed by atoms with Gasteiger partial charge in [0.25, 0.3) is 0 Å². The van der Waals surface area contributed by atoms with Crippen LogP contribution in [-0.4, -0.2) is 33.5 Å². The number of oxime groups is 1. The number of thioether (sulfide) groups is 1. The lowest BCUT2D eigenvalue weighted by atomic mass is 10.3. The van der Waals surface area contributed by atoms with Gasteiger partial charge in [-0.3, -0.25) is 0 Å². The summed E-state index contributed by atoms with van der Waals surface area (Å²) in [6, 6.07) is 3.41. The van der Waals surface area contributed by atoms with Crippen LogP contribution in [0, 0.1) is 0 Å². The number of hydrogen-bond donors (Lipinski definition) is 3. The van der Waals surface area contributed by atoms with E-state index in [9.17, 15) is 0 Å². The topological polar surface area (TPSA) is 91.7 Å². The van der Waals surface area contributed by atoms with Crippen molar-refractivity contribution in [2.45, 2.75) is 5.03 Å². The number of hydrogen-bond acceptors (Lipinski definition) is 5. The summed E-state index contributed by atoms with van der Waals surface area (Å²) in [4.78, 5) is 4.07. The summed E-state index contributed by atoms with van der Waals surface area (Å²) >= 11 is 1.36. The zero-order valence-electron chi connectivity index (χ0n) is 7.42. The van der Waals surface area contributed by atoms with Crippen LogP contribution in [0.2, 0.25) is 0 Å². The van der Waals surface area contributed by atoms with E-state index in [1.807, 2.05) is 0 Å². The molecule has 14 heavy (non-hydrogen) atoms. The molecule has 0 spiro atoms. The fourth-order valence-corrected chi connectivity index (χ4v) is 1.65. The molecule has 5 nitrogen and oxygen atoms in total. The van der Waals surface area contributed by atoms with Crippen LogP contribution in [0.4, 0.5) is 0 Å². The van der Waals surface area contributed by atoms with Crippen molar-refractivity contribution in [1.82, 2.24) is 4.98 Å². The van der Waals surface area contributed by atoms with E-state index >= 15 is 0 Å². The quantitative estimate of drug-likeness (QED) is 0.219. The normalized spacial score (nSPS) is 11.6. The zero-order valence-corrected chi connectivity index (χ0v) is 8.24. The lowest BCUT2D eigenvalue weighted by Gasteiger charge is -2.04. The first-order valence-corrected chi connectivity index (χ1v) is 4.94. The lowest BCUT2D eigenvalue weighted by molar-refractivity contribution is 0.318. The molecule has 1 aromatic heterocycles. The molecule has 0 aliphatic rings. The number of aliphatic hydroxyl groups is 1. The molecular weight excluding hydrogens is 202 g/mol. The Morgan fingerprint density at radius 1 is 1.64 bits per heavy atom. The Bertz CT molecular complexity index is 330. The Labute approximate surface area is 85.6 Å². The SMILES string of the molecule is N/C(=N\O)c1cccnc1SCCO. The van der Waals surface area contributed by atoms with Crippen LogP contribution in [-0.2, 0) is 0 Å². The molecule has 0 saturated heterocycles. The van der Waals surface area contributed by atoms with E-state index in [1.54, 1.807) is 18.3 Å². The van der Waals surface area contributed by atoms with Gasteiger partial charge in [-0.1, -0.05) is 5.16 Å². The van der Waals surface area contributed by atoms with Crippen LogP contribution < -0.4 is 5.73 Å². The van der Waals surface area contributed by atoms with Gasteiger partial charge >= 0.3 is 0 Å². The van der Waals surface area contributed by atoms with E-state index in [0.717, 1.165) is 0 Å². The standard InChI is InChI=1S/C8H11N3O2S/c9-7(11-13)6-2-1-3-10-8(6)14-5-4-12/h1-3,12-13H,4-5H2,(H2,9,11). The van der Waals surface area contributed by atoms with Gasteiger partial charge in [-0.25, -0.2) is 4.98 Å². The van der Waals surface area contributed by atoms with Crippen LogP contribution in [0.5, 0.6) is 0 Å². The second kappa shape index (κ2) is 5.46. The number of pyridine rings is 1. The molecule has 0 bridgehead atoms. The molecule has 0 amide bonds. The van der Waals surface area contributed by atoms with E-state index in [4.69, 9.17) is 16.0 Å². The molecule has 1 aromatic rings. The van der Waals surface area contributed by atoms with Crippen molar-refractivity contribution in [3.8, 4) is 0 Å². The molecule has 0 aliphatic carbocycles. The van der Waals surface area contributed by atoms with Crippen molar-refractivity contribution in [1.29, 1.82) is 0 Å². The Morgan fingerprint density at radius 3 is 3.07 bits per heavy atom. The monoisotopic (exact) mass is 213 g/mol. The van der Waals surface area contributed by atoms with E-state index in [-0.39, 0.29) is 12.4 Å². The number of nitrogens with two attached hydrogens (primary N) is 1. The van der Waals surface area contributed by atoms with Crippen LogP contribution in [0.15, 0.2) is 28.5 Å². The molecule has 6 heteroatoms. The van der Waals surface area contributed by atoms with Gasteiger partial charge in [-0.2, -0.15) is 0 Å². The molecule has 4 N–H and O–H groups in total. The first kappa shape index (κ1) is 10.8. The molecule has 0 atom stereocenters. The predicted molar refractivity (Wildman–Crippen MR) is 54.6 cm³/mol. The average Bonchev–Trinajstić information content (AvgIpc) is 2.25. The zero-order chi connectivity index (χ0) is 10.4. The van der Waals surface area contributed by atoms with Crippen molar-refractivity contribution >= 4 is 17.6 Å². The largest absolute Gasteiger partial charge is 0.409 e. The van der Waals surface area contributed by atoms with Crippen LogP contribution in [0.25, 0.3) is 0 Å². The van der Waals surface area contributed by atoms with Gasteiger partial charge in [-0.15, -0.1) is 11.8 Å². The molecule has 0 fully saturated rings. The Kier molecular flexibility index (Phi) is 4.21. The summed E-state index contributed by atoms with van der Waals surface area (Å²) in [5, 5.41) is 20.7. The van der Waals surface area contributed by atoms with Crippen molar-refractivity contribution in [3.05, 3.63) is 23.9 Å². The first-order valence-electron chi connectivity index (χ1n) is 3.96. The third-order valence-corrected chi connectivity index (χ3v) is 2.47. The van der Waals surface area contributed by atoms with Crippen LogP contribution in [0.3, 0.4) is 0 Å². The maximum Gasteiger partial charge on any atom is 0.172 e. The fraction of sp³-hybridized carbons (Fsp3) is 0.250. The summed E-state index contributed by atoms with van der Waals surface area (Å²) in [6.45, 7) is 0.0663. The van der Waals surface area contributed by atoms with Gasteiger partial charge in [0.2, 0.25) is 0 Å². The molecule has 0 aliphatic heterocycles. The third kappa shape index (κ3) is 2.61. The molecule has 1 rings (SSSR count). The first-order chi connectivity index (χ1) is 6.79. The fourth-order valence-electron chi connectivity index (χ4n) is 0.897. The van der Waals surface area contributed by atoms with E-state index < -0.39 is 0 Å². The second-order valence-electron chi connectivity index (χ2n) is 2.41. The summed E-state index contributed by atoms with van der Waals surface area (Å²) in [5.74, 6) is 0.557. The highest BCUT2D eigenvalue weighted by molar-refractivity contribution is 7.99. The molecule has 0 aromatic carbocycles. The second-order valence-corrected chi connectivity index (χ2v) is 3.50. The van der Waals surface area contributed by atoms with Gasteiger partial charge < -0.3 is 16.0 Å². The van der Waals surface area contributed by atoms with Gasteiger partial charge in [0.1, 0.15) is 5.03 Å². The molecule has 0 unspecified atom stereocenters. The maximum absolute atomic E-state index is 8.65. The number of rotatable bonds is 4. The highest BCUT2D eigenvalue weighted by atomic mass is 32.2. The van der Waals surface area contributed by atoms with E-state index in [1.165, 1.54) is 11.8 Å². The number of nitrogens with zero attached hydrogens (tertiary/aromatic N) is 2. The minimum atomic E-state index is 0.0264. The highest BCUT2D eigenvalue weighted by Gasteiger charge is 2.07. The van der Waals surface area contributed by atoms with Crippen molar-refractivity contribution in [2.75, 3.05) is 12.4 Å². The summed E-state index contributed by atoms with van der Waals surface area (Å²) in [7, 11) is 0. The van der Waals surface area contributed by atoms with E-state index in [2.05, 4.69) is 10.1 Å². The van der Waals surface area contributed by atoms with Gasteiger partial charge in [0.15, 0.2) is 5.84 Å². The molecule has 76 valence electrons. The highest BCUT2D eigenvalue weighted by Crippen LogP contribution is 2.18. The predicted octanol–water partition coefficient (Wildman–Crippen LogP) is 0.260. The van der Waals surface area contributed by atoms with E-state index in [0.29, 0.717) is 16.3 Å².